The molecule has 0 bridgehead atoms. The van der Waals surface area contributed by atoms with Crippen LogP contribution in [0.5, 0.6) is 17.2 Å². The predicted molar refractivity (Wildman–Crippen MR) is 119 cm³/mol. The molecule has 8 heteroatoms. The van der Waals surface area contributed by atoms with Gasteiger partial charge in [0.1, 0.15) is 17.6 Å². The van der Waals surface area contributed by atoms with Crippen LogP contribution in [0, 0.1) is 5.82 Å². The molecule has 2 aromatic carbocycles. The van der Waals surface area contributed by atoms with Crippen LogP contribution in [0.2, 0.25) is 0 Å². The molecule has 1 unspecified atom stereocenters. The Balaban J connectivity index is 1.45. The lowest BCUT2D eigenvalue weighted by Crippen LogP contribution is -2.41. The third-order valence-electron chi connectivity index (χ3n) is 5.69. The standard InChI is InChI=1S/C25H27FN2O5/c1-30-21-7-5-8-22(31-2)24(21)32-16-23(29)28-13-4-3-6-20(28)25-27-15-19(33-25)14-17-9-11-18(26)12-10-17/h5,7-12,15,20H,3-4,6,13-14,16H2,1-2H3. The van der Waals surface area contributed by atoms with E-state index in [4.69, 9.17) is 18.6 Å². The van der Waals surface area contributed by atoms with E-state index in [1.54, 1.807) is 41.4 Å². The summed E-state index contributed by atoms with van der Waals surface area (Å²) in [5.41, 5.74) is 0.926. The van der Waals surface area contributed by atoms with Gasteiger partial charge in [-0.2, -0.15) is 0 Å². The van der Waals surface area contributed by atoms with E-state index in [1.165, 1.54) is 26.4 Å². The largest absolute Gasteiger partial charge is 0.493 e. The second kappa shape index (κ2) is 10.4. The molecule has 1 atom stereocenters. The Morgan fingerprint density at radius 3 is 2.55 bits per heavy atom. The van der Waals surface area contributed by atoms with Crippen molar-refractivity contribution < 1.29 is 27.8 Å². The number of likely N-dealkylation sites (tertiary alicyclic amines) is 1. The number of ether oxygens (including phenoxy) is 3. The van der Waals surface area contributed by atoms with Crippen LogP contribution in [0.4, 0.5) is 4.39 Å². The molecule has 1 aliphatic rings. The van der Waals surface area contributed by atoms with E-state index in [2.05, 4.69) is 4.98 Å². The summed E-state index contributed by atoms with van der Waals surface area (Å²) < 4.78 is 35.6. The molecule has 174 valence electrons. The zero-order valence-corrected chi connectivity index (χ0v) is 18.8. The van der Waals surface area contributed by atoms with Gasteiger partial charge in [-0.05, 0) is 49.1 Å². The number of hydrogen-bond donors (Lipinski definition) is 0. The zero-order chi connectivity index (χ0) is 23.2. The van der Waals surface area contributed by atoms with E-state index in [0.29, 0.717) is 41.9 Å². The molecule has 1 aromatic heterocycles. The maximum absolute atomic E-state index is 13.1. The zero-order valence-electron chi connectivity index (χ0n) is 18.8. The molecule has 0 radical (unpaired) electrons. The van der Waals surface area contributed by atoms with Crippen LogP contribution in [0.1, 0.15) is 42.5 Å². The summed E-state index contributed by atoms with van der Waals surface area (Å²) in [5, 5.41) is 0. The first-order valence-electron chi connectivity index (χ1n) is 10.9. The number of aromatic nitrogens is 1. The van der Waals surface area contributed by atoms with Crippen molar-refractivity contribution in [3.63, 3.8) is 0 Å². The topological polar surface area (TPSA) is 74.0 Å². The number of oxazole rings is 1. The SMILES string of the molecule is COc1cccc(OC)c1OCC(=O)N1CCCCC1c1ncc(Cc2ccc(F)cc2)o1. The van der Waals surface area contributed by atoms with Crippen LogP contribution in [0.3, 0.4) is 0 Å². The molecule has 1 saturated heterocycles. The van der Waals surface area contributed by atoms with E-state index in [0.717, 1.165) is 24.8 Å². The van der Waals surface area contributed by atoms with Gasteiger partial charge in [0.15, 0.2) is 18.1 Å². The summed E-state index contributed by atoms with van der Waals surface area (Å²) in [4.78, 5) is 19.3. The van der Waals surface area contributed by atoms with Crippen LogP contribution in [0.15, 0.2) is 53.1 Å². The van der Waals surface area contributed by atoms with Crippen molar-refractivity contribution in [3.05, 3.63) is 71.7 Å². The fraction of sp³-hybridized carbons (Fsp3) is 0.360. The summed E-state index contributed by atoms with van der Waals surface area (Å²) in [5.74, 6) is 2.12. The molecule has 0 aliphatic carbocycles. The molecule has 1 amide bonds. The monoisotopic (exact) mass is 454 g/mol. The number of carbonyl (C=O) groups is 1. The van der Waals surface area contributed by atoms with Crippen molar-refractivity contribution in [2.24, 2.45) is 0 Å². The summed E-state index contributed by atoms with van der Waals surface area (Å²) in [6, 6.07) is 11.3. The molecule has 3 aromatic rings. The first kappa shape index (κ1) is 22.6. The Morgan fingerprint density at radius 1 is 1.12 bits per heavy atom. The minimum atomic E-state index is -0.277. The fourth-order valence-electron chi connectivity index (χ4n) is 4.02. The van der Waals surface area contributed by atoms with Crippen molar-refractivity contribution in [2.75, 3.05) is 27.4 Å². The molecular formula is C25H27FN2O5. The summed E-state index contributed by atoms with van der Waals surface area (Å²) >= 11 is 0. The molecule has 7 nitrogen and oxygen atoms in total. The number of halogens is 1. The van der Waals surface area contributed by atoms with Crippen molar-refractivity contribution in [2.45, 2.75) is 31.7 Å². The Hall–Kier alpha value is -3.55. The Labute approximate surface area is 192 Å². The second-order valence-corrected chi connectivity index (χ2v) is 7.85. The van der Waals surface area contributed by atoms with E-state index in [1.807, 2.05) is 0 Å². The maximum atomic E-state index is 13.1. The number of amides is 1. The minimum absolute atomic E-state index is 0.156. The smallest absolute Gasteiger partial charge is 0.261 e. The average Bonchev–Trinajstić information content (AvgIpc) is 3.32. The molecule has 1 aliphatic heterocycles. The van der Waals surface area contributed by atoms with Gasteiger partial charge in [-0.25, -0.2) is 9.37 Å². The van der Waals surface area contributed by atoms with E-state index < -0.39 is 0 Å². The van der Waals surface area contributed by atoms with E-state index in [9.17, 15) is 9.18 Å². The molecule has 0 N–H and O–H groups in total. The van der Waals surface area contributed by atoms with Crippen LogP contribution < -0.4 is 14.2 Å². The summed E-state index contributed by atoms with van der Waals surface area (Å²) in [6.07, 6.45) is 4.83. The Kier molecular flexibility index (Phi) is 7.12. The predicted octanol–water partition coefficient (Wildman–Crippen LogP) is 4.55. The molecule has 4 rings (SSSR count). The Morgan fingerprint density at radius 2 is 1.85 bits per heavy atom. The quantitative estimate of drug-likeness (QED) is 0.497. The van der Waals surface area contributed by atoms with Gasteiger partial charge >= 0.3 is 0 Å². The van der Waals surface area contributed by atoms with E-state index >= 15 is 0 Å². The first-order valence-corrected chi connectivity index (χ1v) is 10.9. The van der Waals surface area contributed by atoms with Crippen LogP contribution in [-0.2, 0) is 11.2 Å². The Bertz CT molecular complexity index is 1060. The normalized spacial score (nSPS) is 15.8. The van der Waals surface area contributed by atoms with Gasteiger partial charge in [0.2, 0.25) is 11.6 Å². The molecule has 1 fully saturated rings. The van der Waals surface area contributed by atoms with Gasteiger partial charge < -0.3 is 23.5 Å². The van der Waals surface area contributed by atoms with Gasteiger partial charge in [-0.3, -0.25) is 4.79 Å². The second-order valence-electron chi connectivity index (χ2n) is 7.85. The highest BCUT2D eigenvalue weighted by Crippen LogP contribution is 2.37. The maximum Gasteiger partial charge on any atom is 0.261 e. The van der Waals surface area contributed by atoms with Crippen molar-refractivity contribution >= 4 is 5.91 Å². The van der Waals surface area contributed by atoms with Crippen LogP contribution >= 0.6 is 0 Å². The molecule has 0 spiro atoms. The van der Waals surface area contributed by atoms with Gasteiger partial charge in [-0.1, -0.05) is 18.2 Å². The van der Waals surface area contributed by atoms with Crippen molar-refractivity contribution in [1.29, 1.82) is 0 Å². The lowest BCUT2D eigenvalue weighted by Gasteiger charge is -2.33. The molecule has 33 heavy (non-hydrogen) atoms. The highest BCUT2D eigenvalue weighted by molar-refractivity contribution is 5.78. The molecule has 2 heterocycles. The summed E-state index contributed by atoms with van der Waals surface area (Å²) in [6.45, 7) is 0.446. The number of nitrogens with zero attached hydrogens (tertiary/aromatic N) is 2. The highest BCUT2D eigenvalue weighted by Gasteiger charge is 2.32. The minimum Gasteiger partial charge on any atom is -0.493 e. The van der Waals surface area contributed by atoms with Gasteiger partial charge in [0.05, 0.1) is 20.4 Å². The third kappa shape index (κ3) is 5.27. The van der Waals surface area contributed by atoms with Crippen LogP contribution in [0.25, 0.3) is 0 Å². The molecule has 0 saturated carbocycles. The molecular weight excluding hydrogens is 427 g/mol. The van der Waals surface area contributed by atoms with Gasteiger partial charge in [0.25, 0.3) is 5.91 Å². The van der Waals surface area contributed by atoms with Gasteiger partial charge in [-0.15, -0.1) is 0 Å². The first-order chi connectivity index (χ1) is 16.1. The highest BCUT2D eigenvalue weighted by atomic mass is 19.1. The number of piperidine rings is 1. The fourth-order valence-corrected chi connectivity index (χ4v) is 4.02. The number of para-hydroxylation sites is 1. The summed E-state index contributed by atoms with van der Waals surface area (Å²) in [7, 11) is 3.08. The number of methoxy groups -OCH3 is 2. The van der Waals surface area contributed by atoms with Crippen molar-refractivity contribution in [1.82, 2.24) is 9.88 Å². The lowest BCUT2D eigenvalue weighted by molar-refractivity contribution is -0.137. The number of hydrogen-bond acceptors (Lipinski definition) is 6. The van der Waals surface area contributed by atoms with Crippen molar-refractivity contribution in [3.8, 4) is 17.2 Å². The average molecular weight is 454 g/mol. The van der Waals surface area contributed by atoms with Gasteiger partial charge in [0, 0.05) is 13.0 Å². The third-order valence-corrected chi connectivity index (χ3v) is 5.69. The lowest BCUT2D eigenvalue weighted by atomic mass is 10.0. The number of rotatable bonds is 8. The van der Waals surface area contributed by atoms with Crippen LogP contribution in [-0.4, -0.2) is 43.2 Å². The number of carbonyl (C=O) groups excluding carboxylic acids is 1. The number of benzene rings is 2. The van der Waals surface area contributed by atoms with E-state index in [-0.39, 0.29) is 24.4 Å².